The van der Waals surface area contributed by atoms with Crippen molar-refractivity contribution < 1.29 is 14.3 Å². The monoisotopic (exact) mass is 385 g/mol. The van der Waals surface area contributed by atoms with E-state index in [1.165, 1.54) is 6.20 Å². The van der Waals surface area contributed by atoms with E-state index >= 15 is 4.39 Å². The molecule has 2 aliphatic carbocycles. The first-order valence-corrected chi connectivity index (χ1v) is 9.98. The number of carboxylic acids is 1. The van der Waals surface area contributed by atoms with Crippen molar-refractivity contribution in [3.63, 3.8) is 0 Å². The number of hydrogen-bond acceptors (Lipinski definition) is 4. The maximum absolute atomic E-state index is 15.3. The maximum atomic E-state index is 15.3. The van der Waals surface area contributed by atoms with Crippen LogP contribution in [-0.4, -0.2) is 34.8 Å². The molecule has 1 aliphatic heterocycles. The lowest BCUT2D eigenvalue weighted by Gasteiger charge is -2.50. The van der Waals surface area contributed by atoms with Gasteiger partial charge in [0.1, 0.15) is 11.4 Å². The molecule has 28 heavy (non-hydrogen) atoms. The van der Waals surface area contributed by atoms with Crippen LogP contribution in [0.3, 0.4) is 0 Å². The van der Waals surface area contributed by atoms with Crippen LogP contribution in [0, 0.1) is 24.6 Å². The van der Waals surface area contributed by atoms with Crippen molar-refractivity contribution in [3.8, 4) is 0 Å². The third kappa shape index (κ3) is 2.49. The molecule has 2 heterocycles. The van der Waals surface area contributed by atoms with Gasteiger partial charge in [0.05, 0.1) is 16.6 Å². The van der Waals surface area contributed by atoms with Gasteiger partial charge in [-0.1, -0.05) is 0 Å². The lowest BCUT2D eigenvalue weighted by atomic mass is 9.66. The number of aromatic carboxylic acids is 1. The Bertz CT molecular complexity index is 1060. The molecule has 0 bridgehead atoms. The van der Waals surface area contributed by atoms with Crippen molar-refractivity contribution in [2.24, 2.45) is 17.6 Å². The Morgan fingerprint density at radius 1 is 1.32 bits per heavy atom. The topological polar surface area (TPSA) is 88.6 Å². The molecule has 148 valence electrons. The van der Waals surface area contributed by atoms with Gasteiger partial charge in [-0.05, 0) is 50.5 Å². The third-order valence-corrected chi connectivity index (χ3v) is 6.92. The van der Waals surface area contributed by atoms with E-state index in [0.717, 1.165) is 38.8 Å². The van der Waals surface area contributed by atoms with Crippen LogP contribution in [0.1, 0.15) is 47.6 Å². The van der Waals surface area contributed by atoms with E-state index in [-0.39, 0.29) is 28.6 Å². The number of benzene rings is 1. The van der Waals surface area contributed by atoms with Gasteiger partial charge in [-0.25, -0.2) is 9.18 Å². The van der Waals surface area contributed by atoms with Crippen LogP contribution in [0.2, 0.25) is 0 Å². The molecule has 0 spiro atoms. The summed E-state index contributed by atoms with van der Waals surface area (Å²) in [5, 5.41) is 9.61. The van der Waals surface area contributed by atoms with Crippen LogP contribution in [0.25, 0.3) is 10.9 Å². The van der Waals surface area contributed by atoms with E-state index < -0.39 is 17.2 Å². The van der Waals surface area contributed by atoms with Crippen LogP contribution >= 0.6 is 0 Å². The van der Waals surface area contributed by atoms with E-state index in [1.807, 2.05) is 4.57 Å². The van der Waals surface area contributed by atoms with Crippen LogP contribution in [0.4, 0.5) is 10.1 Å². The van der Waals surface area contributed by atoms with Crippen molar-refractivity contribution >= 4 is 22.6 Å². The first-order chi connectivity index (χ1) is 13.4. The molecular weight excluding hydrogens is 361 g/mol. The molecule has 2 saturated carbocycles. The second-order valence-corrected chi connectivity index (χ2v) is 8.60. The summed E-state index contributed by atoms with van der Waals surface area (Å²) in [6, 6.07) is 2.10. The number of anilines is 1. The Morgan fingerprint density at radius 3 is 2.71 bits per heavy atom. The molecule has 1 saturated heterocycles. The zero-order chi connectivity index (χ0) is 19.7. The second-order valence-electron chi connectivity index (χ2n) is 8.60. The molecule has 3 aliphatic rings. The van der Waals surface area contributed by atoms with Gasteiger partial charge in [-0.2, -0.15) is 0 Å². The molecular formula is C21H24FN3O3. The molecule has 6 nitrogen and oxygen atoms in total. The zero-order valence-corrected chi connectivity index (χ0v) is 15.8. The molecule has 1 aromatic heterocycles. The SMILES string of the molecule is Cc1c(F)c(N2CCC3CC(N)C3C2)cc2c1c(=O)c(C(=O)O)cn2C1CC1. The fourth-order valence-electron chi connectivity index (χ4n) is 5.04. The highest BCUT2D eigenvalue weighted by molar-refractivity contribution is 5.95. The summed E-state index contributed by atoms with van der Waals surface area (Å²) in [5.41, 5.74) is 6.60. The summed E-state index contributed by atoms with van der Waals surface area (Å²) in [6.07, 6.45) is 5.36. The molecule has 0 radical (unpaired) electrons. The number of carbonyl (C=O) groups is 1. The van der Waals surface area contributed by atoms with E-state index in [1.54, 1.807) is 13.0 Å². The van der Waals surface area contributed by atoms with Gasteiger partial charge in [0.25, 0.3) is 0 Å². The number of aryl methyl sites for hydroxylation is 1. The highest BCUT2D eigenvalue weighted by Crippen LogP contribution is 2.43. The minimum absolute atomic E-state index is 0.171. The number of nitrogens with zero attached hydrogens (tertiary/aromatic N) is 2. The van der Waals surface area contributed by atoms with E-state index in [2.05, 4.69) is 4.90 Å². The van der Waals surface area contributed by atoms with E-state index in [0.29, 0.717) is 23.0 Å². The minimum Gasteiger partial charge on any atom is -0.477 e. The number of rotatable bonds is 3. The third-order valence-electron chi connectivity index (χ3n) is 6.92. The van der Waals surface area contributed by atoms with Crippen molar-refractivity contribution in [1.29, 1.82) is 0 Å². The average Bonchev–Trinajstić information content (AvgIpc) is 3.48. The van der Waals surface area contributed by atoms with Crippen LogP contribution in [-0.2, 0) is 0 Å². The number of carboxylic acid groups (broad SMARTS) is 1. The van der Waals surface area contributed by atoms with E-state index in [9.17, 15) is 14.7 Å². The van der Waals surface area contributed by atoms with Gasteiger partial charge < -0.3 is 20.3 Å². The van der Waals surface area contributed by atoms with Gasteiger partial charge in [-0.3, -0.25) is 4.79 Å². The lowest BCUT2D eigenvalue weighted by Crippen LogP contribution is -2.57. The lowest BCUT2D eigenvalue weighted by molar-refractivity contribution is 0.0695. The van der Waals surface area contributed by atoms with Crippen LogP contribution < -0.4 is 16.1 Å². The fraction of sp³-hybridized carbons (Fsp3) is 0.524. The van der Waals surface area contributed by atoms with Gasteiger partial charge in [0.15, 0.2) is 0 Å². The molecule has 3 N–H and O–H groups in total. The molecule has 3 unspecified atom stereocenters. The summed E-state index contributed by atoms with van der Waals surface area (Å²) in [5.74, 6) is -0.671. The van der Waals surface area contributed by atoms with Gasteiger partial charge in [0, 0.05) is 36.9 Å². The quantitative estimate of drug-likeness (QED) is 0.848. The van der Waals surface area contributed by atoms with Gasteiger partial charge >= 0.3 is 5.97 Å². The molecule has 0 amide bonds. The number of aromatic nitrogens is 1. The van der Waals surface area contributed by atoms with Gasteiger partial charge in [0.2, 0.25) is 5.43 Å². The summed E-state index contributed by atoms with van der Waals surface area (Å²) in [4.78, 5) is 26.4. The Kier molecular flexibility index (Phi) is 3.81. The summed E-state index contributed by atoms with van der Waals surface area (Å²) in [7, 11) is 0. The predicted molar refractivity (Wildman–Crippen MR) is 105 cm³/mol. The largest absolute Gasteiger partial charge is 0.477 e. The number of halogens is 1. The number of fused-ring (bicyclic) bond motifs is 2. The first kappa shape index (κ1) is 17.7. The number of nitrogens with two attached hydrogens (primary N) is 1. The van der Waals surface area contributed by atoms with Crippen molar-refractivity contribution in [3.05, 3.63) is 39.4 Å². The smallest absolute Gasteiger partial charge is 0.341 e. The summed E-state index contributed by atoms with van der Waals surface area (Å²) in [6.45, 7) is 3.08. The Balaban J connectivity index is 1.69. The van der Waals surface area contributed by atoms with E-state index in [4.69, 9.17) is 5.73 Å². The zero-order valence-electron chi connectivity index (χ0n) is 15.8. The summed E-state index contributed by atoms with van der Waals surface area (Å²) < 4.78 is 17.2. The summed E-state index contributed by atoms with van der Waals surface area (Å²) >= 11 is 0. The average molecular weight is 385 g/mol. The predicted octanol–water partition coefficient (Wildman–Crippen LogP) is 2.66. The Labute approximate surface area is 161 Å². The van der Waals surface area contributed by atoms with Gasteiger partial charge in [-0.15, -0.1) is 0 Å². The standard InChI is InChI=1S/C21H24FN3O3/c1-10-18-16(25(12-2-3-12)9-14(20(18)26)21(27)28)7-17(19(10)22)24-5-4-11-6-15(23)13(11)8-24/h7,9,11-13,15H,2-6,8,23H2,1H3,(H,27,28). The Morgan fingerprint density at radius 2 is 2.07 bits per heavy atom. The molecule has 1 aromatic carbocycles. The highest BCUT2D eigenvalue weighted by atomic mass is 19.1. The fourth-order valence-corrected chi connectivity index (χ4v) is 5.04. The van der Waals surface area contributed by atoms with Crippen molar-refractivity contribution in [1.82, 2.24) is 4.57 Å². The van der Waals surface area contributed by atoms with Crippen molar-refractivity contribution in [2.45, 2.75) is 44.7 Å². The second kappa shape index (κ2) is 6.04. The first-order valence-electron chi connectivity index (χ1n) is 9.98. The number of piperidine rings is 1. The molecule has 5 rings (SSSR count). The van der Waals surface area contributed by atoms with Crippen LogP contribution in [0.15, 0.2) is 17.1 Å². The molecule has 7 heteroatoms. The molecule has 3 fully saturated rings. The number of hydrogen-bond donors (Lipinski definition) is 2. The normalized spacial score (nSPS) is 26.8. The van der Waals surface area contributed by atoms with Crippen molar-refractivity contribution in [2.75, 3.05) is 18.0 Å². The molecule has 2 aromatic rings. The highest BCUT2D eigenvalue weighted by Gasteiger charge is 2.42. The minimum atomic E-state index is -1.27. The maximum Gasteiger partial charge on any atom is 0.341 e. The Hall–Kier alpha value is -2.41. The number of pyridine rings is 1. The van der Waals surface area contributed by atoms with Crippen LogP contribution in [0.5, 0.6) is 0 Å². The molecule has 3 atom stereocenters.